The van der Waals surface area contributed by atoms with Crippen LogP contribution in [0.1, 0.15) is 0 Å². The first kappa shape index (κ1) is 14.5. The molecule has 0 amide bonds. The molecule has 6 rings (SSSR count). The second kappa shape index (κ2) is 5.93. The van der Waals surface area contributed by atoms with Gasteiger partial charge in [-0.3, -0.25) is 0 Å². The van der Waals surface area contributed by atoms with E-state index in [1.165, 1.54) is 0 Å². The van der Waals surface area contributed by atoms with E-state index in [0.717, 1.165) is 43.7 Å². The molecule has 0 aliphatic heterocycles. The summed E-state index contributed by atoms with van der Waals surface area (Å²) >= 11 is 0. The van der Waals surface area contributed by atoms with Gasteiger partial charge in [0.25, 0.3) is 0 Å². The molecule has 2 N–H and O–H groups in total. The van der Waals surface area contributed by atoms with Gasteiger partial charge in [-0.15, -0.1) is 0 Å². The fraction of sp³-hybridized carbons (Fsp3) is 0. The average molecular weight is 338 g/mol. The molecule has 0 spiro atoms. The molecule has 0 saturated heterocycles. The van der Waals surface area contributed by atoms with Gasteiger partial charge in [0.2, 0.25) is 0 Å². The highest BCUT2D eigenvalue weighted by Gasteiger charge is 2.06. The molecule has 0 aliphatic carbocycles. The Balaban J connectivity index is 0.000000141. The maximum atomic E-state index is 4.35. The van der Waals surface area contributed by atoms with Crippen LogP contribution in [-0.4, -0.2) is 29.9 Å². The van der Waals surface area contributed by atoms with Crippen molar-refractivity contribution in [2.45, 2.75) is 0 Å². The van der Waals surface area contributed by atoms with E-state index in [-0.39, 0.29) is 0 Å². The molecule has 0 unspecified atom stereocenters. The number of hydrogen-bond acceptors (Lipinski definition) is 4. The van der Waals surface area contributed by atoms with Gasteiger partial charge in [-0.2, -0.15) is 0 Å². The predicted molar refractivity (Wildman–Crippen MR) is 103 cm³/mol. The molecule has 6 nitrogen and oxygen atoms in total. The first-order valence-corrected chi connectivity index (χ1v) is 8.23. The largest absolute Gasteiger partial charge is 0.345 e. The van der Waals surface area contributed by atoms with E-state index in [0.29, 0.717) is 0 Å². The third-order valence-electron chi connectivity index (χ3n) is 4.38. The molecule has 0 radical (unpaired) electrons. The standard InChI is InChI=1S/C13H8N4.C7H6N2/c1-2-10-9(12-8(1)5-14-6-16-12)3-4-11-13(10)17-7-15-11;1-2-4-7-6(3-1)8-5-9-7/h1-7H,(H,15,17);1-5H,(H,8,9). The number of para-hydroxylation sites is 2. The van der Waals surface area contributed by atoms with Gasteiger partial charge in [0.15, 0.2) is 0 Å². The molecule has 6 heteroatoms. The Labute approximate surface area is 148 Å². The number of aromatic amines is 2. The van der Waals surface area contributed by atoms with Crippen molar-refractivity contribution in [2.75, 3.05) is 0 Å². The molecule has 3 heterocycles. The molecule has 0 atom stereocenters. The summed E-state index contributed by atoms with van der Waals surface area (Å²) in [4.78, 5) is 22.9. The summed E-state index contributed by atoms with van der Waals surface area (Å²) in [6.45, 7) is 0. The normalized spacial score (nSPS) is 11.1. The first-order valence-electron chi connectivity index (χ1n) is 8.23. The van der Waals surface area contributed by atoms with E-state index in [1.807, 2.05) is 42.6 Å². The number of H-pyrrole nitrogens is 2. The van der Waals surface area contributed by atoms with Crippen LogP contribution in [-0.2, 0) is 0 Å². The third kappa shape index (κ3) is 2.36. The molecular formula is C20H14N6. The van der Waals surface area contributed by atoms with Crippen LogP contribution < -0.4 is 0 Å². The number of nitrogens with zero attached hydrogens (tertiary/aromatic N) is 4. The van der Waals surface area contributed by atoms with E-state index in [2.05, 4.69) is 42.0 Å². The minimum atomic E-state index is 0.974. The molecule has 0 bridgehead atoms. The Hall–Kier alpha value is -3.80. The Morgan fingerprint density at radius 3 is 2.42 bits per heavy atom. The monoisotopic (exact) mass is 338 g/mol. The Bertz CT molecular complexity index is 1320. The van der Waals surface area contributed by atoms with Gasteiger partial charge in [0.1, 0.15) is 6.33 Å². The van der Waals surface area contributed by atoms with E-state index >= 15 is 0 Å². The zero-order valence-corrected chi connectivity index (χ0v) is 13.7. The fourth-order valence-corrected chi connectivity index (χ4v) is 3.15. The van der Waals surface area contributed by atoms with Gasteiger partial charge in [0, 0.05) is 22.4 Å². The lowest BCUT2D eigenvalue weighted by Gasteiger charge is -2.02. The van der Waals surface area contributed by atoms with Crippen LogP contribution in [0.25, 0.3) is 43.7 Å². The van der Waals surface area contributed by atoms with Crippen molar-refractivity contribution in [3.63, 3.8) is 0 Å². The molecule has 0 fully saturated rings. The maximum Gasteiger partial charge on any atom is 0.116 e. The highest BCUT2D eigenvalue weighted by atomic mass is 14.9. The van der Waals surface area contributed by atoms with Crippen molar-refractivity contribution in [1.29, 1.82) is 0 Å². The summed E-state index contributed by atoms with van der Waals surface area (Å²) in [5.41, 5.74) is 5.13. The molecule has 3 aromatic heterocycles. The van der Waals surface area contributed by atoms with Crippen LogP contribution in [0, 0.1) is 0 Å². The number of rotatable bonds is 0. The van der Waals surface area contributed by atoms with E-state index < -0.39 is 0 Å². The van der Waals surface area contributed by atoms with Crippen molar-refractivity contribution in [3.8, 4) is 0 Å². The summed E-state index contributed by atoms with van der Waals surface area (Å²) in [6, 6.07) is 16.2. The third-order valence-corrected chi connectivity index (χ3v) is 4.38. The minimum absolute atomic E-state index is 0.974. The van der Waals surface area contributed by atoms with Crippen LogP contribution in [0.4, 0.5) is 0 Å². The van der Waals surface area contributed by atoms with Crippen molar-refractivity contribution in [2.24, 2.45) is 0 Å². The number of hydrogen-bond donors (Lipinski definition) is 2. The van der Waals surface area contributed by atoms with Gasteiger partial charge in [-0.25, -0.2) is 19.9 Å². The molecular weight excluding hydrogens is 324 g/mol. The van der Waals surface area contributed by atoms with Crippen LogP contribution in [0.5, 0.6) is 0 Å². The van der Waals surface area contributed by atoms with Gasteiger partial charge in [-0.05, 0) is 24.3 Å². The minimum Gasteiger partial charge on any atom is -0.345 e. The van der Waals surface area contributed by atoms with Crippen LogP contribution in [0.3, 0.4) is 0 Å². The zero-order valence-electron chi connectivity index (χ0n) is 13.7. The molecule has 3 aromatic carbocycles. The lowest BCUT2D eigenvalue weighted by molar-refractivity contribution is 1.23. The maximum absolute atomic E-state index is 4.35. The Kier molecular flexibility index (Phi) is 3.31. The summed E-state index contributed by atoms with van der Waals surface area (Å²) in [5, 5.41) is 3.29. The summed E-state index contributed by atoms with van der Waals surface area (Å²) in [5.74, 6) is 0. The van der Waals surface area contributed by atoms with Crippen molar-refractivity contribution in [1.82, 2.24) is 29.9 Å². The highest BCUT2D eigenvalue weighted by molar-refractivity contribution is 6.13. The first-order chi connectivity index (χ1) is 12.9. The quantitative estimate of drug-likeness (QED) is 0.406. The molecule has 0 aliphatic rings. The average Bonchev–Trinajstić information content (AvgIpc) is 3.37. The number of fused-ring (bicyclic) bond motifs is 6. The number of aromatic nitrogens is 6. The second-order valence-corrected chi connectivity index (χ2v) is 5.91. The highest BCUT2D eigenvalue weighted by Crippen LogP contribution is 2.27. The number of nitrogens with one attached hydrogen (secondary N) is 2. The summed E-state index contributed by atoms with van der Waals surface area (Å²) in [6.07, 6.45) is 6.83. The van der Waals surface area contributed by atoms with Crippen LogP contribution in [0.2, 0.25) is 0 Å². The molecule has 6 aromatic rings. The van der Waals surface area contributed by atoms with Crippen LogP contribution in [0.15, 0.2) is 73.7 Å². The van der Waals surface area contributed by atoms with Crippen molar-refractivity contribution < 1.29 is 0 Å². The number of benzene rings is 3. The summed E-state index contributed by atoms with van der Waals surface area (Å²) < 4.78 is 0. The Morgan fingerprint density at radius 1 is 0.654 bits per heavy atom. The van der Waals surface area contributed by atoms with Gasteiger partial charge >= 0.3 is 0 Å². The van der Waals surface area contributed by atoms with E-state index in [4.69, 9.17) is 0 Å². The van der Waals surface area contributed by atoms with Crippen molar-refractivity contribution >= 4 is 43.7 Å². The van der Waals surface area contributed by atoms with Gasteiger partial charge in [0.05, 0.1) is 40.2 Å². The fourth-order valence-electron chi connectivity index (χ4n) is 3.15. The smallest absolute Gasteiger partial charge is 0.116 e. The van der Waals surface area contributed by atoms with Crippen LogP contribution >= 0.6 is 0 Å². The van der Waals surface area contributed by atoms with E-state index in [1.54, 1.807) is 19.0 Å². The second-order valence-electron chi connectivity index (χ2n) is 5.91. The molecule has 124 valence electrons. The predicted octanol–water partition coefficient (Wildman–Crippen LogP) is 4.22. The SMILES string of the molecule is c1ccc2[nH]cnc2c1.c1ncc2ccc3c(ccc4[nH]cnc43)c2n1. The Morgan fingerprint density at radius 2 is 1.46 bits per heavy atom. The topological polar surface area (TPSA) is 83.1 Å². The molecule has 26 heavy (non-hydrogen) atoms. The lowest BCUT2D eigenvalue weighted by atomic mass is 10.1. The zero-order chi connectivity index (χ0) is 17.3. The lowest BCUT2D eigenvalue weighted by Crippen LogP contribution is -1.84. The van der Waals surface area contributed by atoms with E-state index in [9.17, 15) is 0 Å². The summed E-state index contributed by atoms with van der Waals surface area (Å²) in [7, 11) is 0. The molecule has 0 saturated carbocycles. The van der Waals surface area contributed by atoms with Gasteiger partial charge in [-0.1, -0.05) is 24.3 Å². The van der Waals surface area contributed by atoms with Crippen molar-refractivity contribution in [3.05, 3.63) is 73.7 Å². The number of imidazole rings is 2. The van der Waals surface area contributed by atoms with Gasteiger partial charge < -0.3 is 9.97 Å².